The van der Waals surface area contributed by atoms with Crippen molar-refractivity contribution < 1.29 is 9.90 Å². The zero-order valence-electron chi connectivity index (χ0n) is 10.3. The molecule has 0 aromatic rings. The molecule has 1 amide bonds. The number of amides is 1. The molecule has 1 unspecified atom stereocenters. The fraction of sp³-hybridized carbons (Fsp3) is 0.917. The molecule has 0 rings (SSSR count). The minimum absolute atomic E-state index is 0.114. The van der Waals surface area contributed by atoms with Crippen molar-refractivity contribution in [3.63, 3.8) is 0 Å². The summed E-state index contributed by atoms with van der Waals surface area (Å²) in [5.74, 6) is 0.689. The van der Waals surface area contributed by atoms with E-state index in [1.165, 1.54) is 0 Å². The van der Waals surface area contributed by atoms with Crippen LogP contribution in [0.5, 0.6) is 0 Å². The summed E-state index contributed by atoms with van der Waals surface area (Å²) in [6, 6.07) is 0.265. The van der Waals surface area contributed by atoms with Gasteiger partial charge in [0.2, 0.25) is 5.91 Å². The molecule has 0 aliphatic carbocycles. The van der Waals surface area contributed by atoms with Crippen LogP contribution in [-0.4, -0.2) is 23.7 Å². The van der Waals surface area contributed by atoms with Crippen LogP contribution >= 0.6 is 0 Å². The summed E-state index contributed by atoms with van der Waals surface area (Å²) in [5.41, 5.74) is 0. The second kappa shape index (κ2) is 8.72. The summed E-state index contributed by atoms with van der Waals surface area (Å²) >= 11 is 0. The van der Waals surface area contributed by atoms with Crippen molar-refractivity contribution in [1.29, 1.82) is 0 Å². The fourth-order valence-electron chi connectivity index (χ4n) is 1.84. The molecule has 0 aliphatic heterocycles. The predicted octanol–water partition coefficient (Wildman–Crippen LogP) is 2.09. The van der Waals surface area contributed by atoms with E-state index < -0.39 is 0 Å². The van der Waals surface area contributed by atoms with Gasteiger partial charge in [0, 0.05) is 19.1 Å². The Bertz CT molecular complexity index is 167. The minimum Gasteiger partial charge on any atom is -0.396 e. The maximum absolute atomic E-state index is 11.5. The summed E-state index contributed by atoms with van der Waals surface area (Å²) in [6.45, 7) is 6.56. The molecule has 0 spiro atoms. The molecule has 15 heavy (non-hydrogen) atoms. The molecule has 0 heterocycles. The highest BCUT2D eigenvalue weighted by molar-refractivity contribution is 5.76. The van der Waals surface area contributed by atoms with E-state index in [2.05, 4.69) is 26.1 Å². The zero-order valence-corrected chi connectivity index (χ0v) is 10.3. The van der Waals surface area contributed by atoms with Crippen LogP contribution in [0.1, 0.15) is 52.9 Å². The Morgan fingerprint density at radius 3 is 2.33 bits per heavy atom. The van der Waals surface area contributed by atoms with Crippen LogP contribution in [0.15, 0.2) is 0 Å². The summed E-state index contributed by atoms with van der Waals surface area (Å²) in [4.78, 5) is 11.5. The first kappa shape index (κ1) is 14.4. The van der Waals surface area contributed by atoms with Crippen LogP contribution < -0.4 is 5.32 Å². The van der Waals surface area contributed by atoms with E-state index in [0.717, 1.165) is 19.3 Å². The van der Waals surface area contributed by atoms with Gasteiger partial charge in [-0.25, -0.2) is 0 Å². The number of hydrogen-bond acceptors (Lipinski definition) is 2. The Morgan fingerprint density at radius 2 is 1.87 bits per heavy atom. The zero-order chi connectivity index (χ0) is 11.7. The van der Waals surface area contributed by atoms with E-state index in [9.17, 15) is 4.79 Å². The van der Waals surface area contributed by atoms with Crippen molar-refractivity contribution in [3.05, 3.63) is 0 Å². The highest BCUT2D eigenvalue weighted by Gasteiger charge is 2.15. The van der Waals surface area contributed by atoms with Gasteiger partial charge in [-0.1, -0.05) is 26.7 Å². The van der Waals surface area contributed by atoms with Gasteiger partial charge < -0.3 is 10.4 Å². The van der Waals surface area contributed by atoms with Gasteiger partial charge in [-0.3, -0.25) is 4.79 Å². The molecule has 0 aromatic carbocycles. The Labute approximate surface area is 93.3 Å². The standard InChI is InChI=1S/C12H25NO2/c1-4-11(5-2)10(3)13-12(15)8-6-7-9-14/h10-11,14H,4-9H2,1-3H3,(H,13,15). The van der Waals surface area contributed by atoms with E-state index in [1.54, 1.807) is 0 Å². The van der Waals surface area contributed by atoms with Gasteiger partial charge in [0.15, 0.2) is 0 Å². The summed E-state index contributed by atoms with van der Waals surface area (Å²) in [7, 11) is 0. The first-order chi connectivity index (χ1) is 7.15. The Kier molecular flexibility index (Phi) is 8.38. The molecule has 0 saturated heterocycles. The van der Waals surface area contributed by atoms with Crippen LogP contribution in [0.25, 0.3) is 0 Å². The van der Waals surface area contributed by atoms with Gasteiger partial charge in [-0.2, -0.15) is 0 Å². The van der Waals surface area contributed by atoms with E-state index in [0.29, 0.717) is 18.8 Å². The largest absolute Gasteiger partial charge is 0.396 e. The Morgan fingerprint density at radius 1 is 1.27 bits per heavy atom. The van der Waals surface area contributed by atoms with Gasteiger partial charge in [0.05, 0.1) is 0 Å². The topological polar surface area (TPSA) is 49.3 Å². The van der Waals surface area contributed by atoms with E-state index in [-0.39, 0.29) is 18.6 Å². The lowest BCUT2D eigenvalue weighted by Gasteiger charge is -2.22. The average Bonchev–Trinajstić information content (AvgIpc) is 2.20. The van der Waals surface area contributed by atoms with Crippen molar-refractivity contribution >= 4 is 5.91 Å². The minimum atomic E-state index is 0.114. The molecule has 0 radical (unpaired) electrons. The van der Waals surface area contributed by atoms with Crippen LogP contribution in [0.4, 0.5) is 0 Å². The number of hydrogen-bond donors (Lipinski definition) is 2. The molecule has 2 N–H and O–H groups in total. The lowest BCUT2D eigenvalue weighted by atomic mass is 9.95. The first-order valence-corrected chi connectivity index (χ1v) is 6.05. The van der Waals surface area contributed by atoms with Crippen molar-refractivity contribution in [2.75, 3.05) is 6.61 Å². The summed E-state index contributed by atoms with van der Waals surface area (Å²) in [6.07, 6.45) is 4.24. The van der Waals surface area contributed by atoms with Crippen LogP contribution in [0.3, 0.4) is 0 Å². The number of unbranched alkanes of at least 4 members (excludes halogenated alkanes) is 1. The molecule has 0 saturated carbocycles. The fourth-order valence-corrected chi connectivity index (χ4v) is 1.84. The number of nitrogens with one attached hydrogen (secondary N) is 1. The first-order valence-electron chi connectivity index (χ1n) is 6.05. The maximum Gasteiger partial charge on any atom is 0.220 e. The molecule has 90 valence electrons. The van der Waals surface area contributed by atoms with E-state index in [1.807, 2.05) is 0 Å². The molecule has 3 heteroatoms. The predicted molar refractivity (Wildman–Crippen MR) is 62.6 cm³/mol. The SMILES string of the molecule is CCC(CC)C(C)NC(=O)CCCCO. The molecular formula is C12H25NO2. The molecule has 0 aliphatic rings. The van der Waals surface area contributed by atoms with Gasteiger partial charge >= 0.3 is 0 Å². The van der Waals surface area contributed by atoms with E-state index in [4.69, 9.17) is 5.11 Å². The van der Waals surface area contributed by atoms with Crippen molar-refractivity contribution in [2.45, 2.75) is 58.9 Å². The third kappa shape index (κ3) is 6.50. The summed E-state index contributed by atoms with van der Waals surface area (Å²) in [5, 5.41) is 11.6. The molecule has 0 bridgehead atoms. The lowest BCUT2D eigenvalue weighted by molar-refractivity contribution is -0.122. The smallest absolute Gasteiger partial charge is 0.220 e. The van der Waals surface area contributed by atoms with Gasteiger partial charge in [0.25, 0.3) is 0 Å². The molecule has 3 nitrogen and oxygen atoms in total. The van der Waals surface area contributed by atoms with Crippen LogP contribution in [0.2, 0.25) is 0 Å². The highest BCUT2D eigenvalue weighted by atomic mass is 16.2. The quantitative estimate of drug-likeness (QED) is 0.609. The van der Waals surface area contributed by atoms with Gasteiger partial charge in [0.1, 0.15) is 0 Å². The normalized spacial score (nSPS) is 12.9. The second-order valence-corrected chi connectivity index (χ2v) is 4.11. The maximum atomic E-state index is 11.5. The average molecular weight is 215 g/mol. The highest BCUT2D eigenvalue weighted by Crippen LogP contribution is 2.12. The van der Waals surface area contributed by atoms with Crippen molar-refractivity contribution in [1.82, 2.24) is 5.32 Å². The number of rotatable bonds is 8. The Hall–Kier alpha value is -0.570. The second-order valence-electron chi connectivity index (χ2n) is 4.11. The molecule has 0 fully saturated rings. The molecule has 0 aromatic heterocycles. The third-order valence-electron chi connectivity index (χ3n) is 2.96. The van der Waals surface area contributed by atoms with Crippen LogP contribution in [0, 0.1) is 5.92 Å². The molecular weight excluding hydrogens is 190 g/mol. The molecule has 1 atom stereocenters. The summed E-state index contributed by atoms with van der Waals surface area (Å²) < 4.78 is 0. The van der Waals surface area contributed by atoms with Crippen molar-refractivity contribution in [2.24, 2.45) is 5.92 Å². The third-order valence-corrected chi connectivity index (χ3v) is 2.96. The van der Waals surface area contributed by atoms with Crippen LogP contribution in [-0.2, 0) is 4.79 Å². The number of carbonyl (C=O) groups is 1. The number of aliphatic hydroxyl groups excluding tert-OH is 1. The lowest BCUT2D eigenvalue weighted by Crippen LogP contribution is -2.37. The van der Waals surface area contributed by atoms with Gasteiger partial charge in [-0.15, -0.1) is 0 Å². The number of aliphatic hydroxyl groups is 1. The van der Waals surface area contributed by atoms with E-state index >= 15 is 0 Å². The number of carbonyl (C=O) groups excluding carboxylic acids is 1. The Balaban J connectivity index is 3.74. The monoisotopic (exact) mass is 215 g/mol. The van der Waals surface area contributed by atoms with Gasteiger partial charge in [-0.05, 0) is 25.7 Å². The van der Waals surface area contributed by atoms with Crippen molar-refractivity contribution in [3.8, 4) is 0 Å².